The predicted molar refractivity (Wildman–Crippen MR) is 78.6 cm³/mol. The van der Waals surface area contributed by atoms with Gasteiger partial charge in [0.2, 0.25) is 10.0 Å². The van der Waals surface area contributed by atoms with Crippen LogP contribution in [0.4, 0.5) is 0 Å². The van der Waals surface area contributed by atoms with Gasteiger partial charge in [0.1, 0.15) is 6.26 Å². The Morgan fingerprint density at radius 1 is 1.52 bits per heavy atom. The highest BCUT2D eigenvalue weighted by Gasteiger charge is 2.17. The number of hydrogen-bond donors (Lipinski definition) is 1. The maximum Gasteiger partial charge on any atom is 0.268 e. The van der Waals surface area contributed by atoms with E-state index in [1.165, 1.54) is 24.1 Å². The summed E-state index contributed by atoms with van der Waals surface area (Å²) in [5.41, 5.74) is 0.190. The molecular weight excluding hydrogens is 314 g/mol. The zero-order chi connectivity index (χ0) is 15.3. The molecule has 0 bridgehead atoms. The van der Waals surface area contributed by atoms with Crippen LogP contribution in [0.15, 0.2) is 40.3 Å². The Kier molecular flexibility index (Phi) is 5.07. The molecule has 7 nitrogen and oxygen atoms in total. The lowest BCUT2D eigenvalue weighted by Crippen LogP contribution is -2.32. The second-order valence-corrected chi connectivity index (χ2v) is 6.88. The van der Waals surface area contributed by atoms with Crippen molar-refractivity contribution in [1.29, 1.82) is 0 Å². The molecular formula is C12H15N3O4S2. The molecule has 21 heavy (non-hydrogen) atoms. The van der Waals surface area contributed by atoms with Crippen molar-refractivity contribution < 1.29 is 17.6 Å². The molecule has 2 aromatic heterocycles. The van der Waals surface area contributed by atoms with Gasteiger partial charge in [-0.15, -0.1) is 0 Å². The third kappa shape index (κ3) is 4.64. The van der Waals surface area contributed by atoms with Crippen molar-refractivity contribution in [2.24, 2.45) is 0 Å². The first-order chi connectivity index (χ1) is 10.00. The quantitative estimate of drug-likeness (QED) is 0.771. The van der Waals surface area contributed by atoms with Crippen LogP contribution in [0, 0.1) is 0 Å². The summed E-state index contributed by atoms with van der Waals surface area (Å²) in [5, 5.41) is 4.53. The molecule has 2 heterocycles. The van der Waals surface area contributed by atoms with Crippen LogP contribution in [0.2, 0.25) is 0 Å². The zero-order valence-corrected chi connectivity index (χ0v) is 13.0. The highest BCUT2D eigenvalue weighted by atomic mass is 32.2. The molecule has 114 valence electrons. The largest absolute Gasteiger partial charge is 0.457 e. The summed E-state index contributed by atoms with van der Waals surface area (Å²) in [4.78, 5) is 11.8. The summed E-state index contributed by atoms with van der Waals surface area (Å²) in [7, 11) is -3.67. The molecule has 0 radical (unpaired) electrons. The van der Waals surface area contributed by atoms with Crippen LogP contribution < -0.4 is 4.72 Å². The number of carbonyl (C=O) groups is 1. The molecule has 0 aliphatic rings. The number of sulfonamides is 1. The number of aryl methyl sites for hydroxylation is 1. The van der Waals surface area contributed by atoms with E-state index in [0.717, 1.165) is 0 Å². The number of amides is 1. The average Bonchev–Trinajstić information content (AvgIpc) is 3.08. The summed E-state index contributed by atoms with van der Waals surface area (Å²) in [5.74, 6) is -0.829. The molecule has 0 atom stereocenters. The molecule has 0 saturated carbocycles. The first-order valence-electron chi connectivity index (χ1n) is 6.15. The fourth-order valence-corrected chi connectivity index (χ4v) is 3.04. The van der Waals surface area contributed by atoms with Crippen molar-refractivity contribution in [1.82, 2.24) is 14.5 Å². The van der Waals surface area contributed by atoms with Gasteiger partial charge in [0.25, 0.3) is 5.91 Å². The van der Waals surface area contributed by atoms with Crippen LogP contribution >= 0.6 is 11.8 Å². The van der Waals surface area contributed by atoms with Gasteiger partial charge >= 0.3 is 0 Å². The SMILES string of the molecule is CSc1cc(C(=O)NS(=O)(=O)CCCn2cccn2)co1. The van der Waals surface area contributed by atoms with E-state index < -0.39 is 15.9 Å². The minimum absolute atomic E-state index is 0.147. The third-order valence-electron chi connectivity index (χ3n) is 2.65. The highest BCUT2D eigenvalue weighted by molar-refractivity contribution is 7.98. The number of nitrogens with one attached hydrogen (secondary N) is 1. The van der Waals surface area contributed by atoms with Crippen LogP contribution in [-0.4, -0.2) is 36.1 Å². The lowest BCUT2D eigenvalue weighted by Gasteiger charge is -2.05. The van der Waals surface area contributed by atoms with Gasteiger partial charge < -0.3 is 4.42 Å². The third-order valence-corrected chi connectivity index (χ3v) is 4.59. The molecule has 0 fully saturated rings. The van der Waals surface area contributed by atoms with Crippen molar-refractivity contribution in [3.8, 4) is 0 Å². The Balaban J connectivity index is 1.86. The second-order valence-electron chi connectivity index (χ2n) is 4.23. The van der Waals surface area contributed by atoms with Crippen LogP contribution in [0.1, 0.15) is 16.8 Å². The molecule has 0 aromatic carbocycles. The first-order valence-corrected chi connectivity index (χ1v) is 9.02. The number of nitrogens with zero attached hydrogens (tertiary/aromatic N) is 2. The number of furan rings is 1. The Hall–Kier alpha value is -1.74. The lowest BCUT2D eigenvalue weighted by molar-refractivity contribution is 0.0981. The van der Waals surface area contributed by atoms with Crippen molar-refractivity contribution in [2.45, 2.75) is 18.1 Å². The normalized spacial score (nSPS) is 11.5. The average molecular weight is 329 g/mol. The monoisotopic (exact) mass is 329 g/mol. The molecule has 1 amide bonds. The minimum Gasteiger partial charge on any atom is -0.457 e. The number of thioether (sulfide) groups is 1. The number of hydrogen-bond acceptors (Lipinski definition) is 6. The summed E-state index contributed by atoms with van der Waals surface area (Å²) in [6, 6.07) is 3.26. The van der Waals surface area contributed by atoms with E-state index in [-0.39, 0.29) is 11.3 Å². The van der Waals surface area contributed by atoms with Gasteiger partial charge in [-0.25, -0.2) is 13.1 Å². The topological polar surface area (TPSA) is 94.2 Å². The van der Waals surface area contributed by atoms with Crippen LogP contribution in [-0.2, 0) is 16.6 Å². The molecule has 0 saturated heterocycles. The summed E-state index contributed by atoms with van der Waals surface area (Å²) >= 11 is 1.33. The van der Waals surface area contributed by atoms with Gasteiger partial charge in [-0.2, -0.15) is 5.10 Å². The molecule has 0 aliphatic carbocycles. The molecule has 1 N–H and O–H groups in total. The van der Waals surface area contributed by atoms with Crippen molar-refractivity contribution in [3.63, 3.8) is 0 Å². The van der Waals surface area contributed by atoms with E-state index >= 15 is 0 Å². The maximum atomic E-state index is 11.8. The lowest BCUT2D eigenvalue weighted by atomic mass is 10.3. The van der Waals surface area contributed by atoms with Gasteiger partial charge in [-0.1, -0.05) is 11.8 Å². The van der Waals surface area contributed by atoms with Crippen molar-refractivity contribution in [3.05, 3.63) is 36.4 Å². The van der Waals surface area contributed by atoms with Gasteiger partial charge in [0, 0.05) is 25.0 Å². The van der Waals surface area contributed by atoms with Gasteiger partial charge in [0.05, 0.1) is 11.3 Å². The summed E-state index contributed by atoms with van der Waals surface area (Å²) in [6.07, 6.45) is 6.78. The highest BCUT2D eigenvalue weighted by Crippen LogP contribution is 2.17. The summed E-state index contributed by atoms with van der Waals surface area (Å²) in [6.45, 7) is 0.477. The molecule has 2 rings (SSSR count). The van der Waals surface area contributed by atoms with E-state index in [2.05, 4.69) is 5.10 Å². The Bertz CT molecular complexity index is 692. The molecule has 0 spiro atoms. The van der Waals surface area contributed by atoms with E-state index in [0.29, 0.717) is 18.1 Å². The fourth-order valence-electron chi connectivity index (χ4n) is 1.64. The molecule has 2 aromatic rings. The van der Waals surface area contributed by atoms with Gasteiger partial charge in [-0.05, 0) is 18.7 Å². The van der Waals surface area contributed by atoms with Crippen molar-refractivity contribution >= 4 is 27.7 Å². The van der Waals surface area contributed by atoms with E-state index in [9.17, 15) is 13.2 Å². The number of carbonyl (C=O) groups excluding carboxylic acids is 1. The van der Waals surface area contributed by atoms with E-state index in [1.54, 1.807) is 29.4 Å². The van der Waals surface area contributed by atoms with E-state index in [1.807, 2.05) is 4.72 Å². The summed E-state index contributed by atoms with van der Waals surface area (Å²) < 4.78 is 32.4. The van der Waals surface area contributed by atoms with Crippen LogP contribution in [0.5, 0.6) is 0 Å². The number of rotatable bonds is 7. The Morgan fingerprint density at radius 3 is 2.95 bits per heavy atom. The maximum absolute atomic E-state index is 11.8. The van der Waals surface area contributed by atoms with E-state index in [4.69, 9.17) is 4.42 Å². The second kappa shape index (κ2) is 6.81. The Morgan fingerprint density at radius 2 is 2.33 bits per heavy atom. The Labute approximate surface area is 126 Å². The predicted octanol–water partition coefficient (Wildman–Crippen LogP) is 1.35. The van der Waals surface area contributed by atoms with Crippen molar-refractivity contribution in [2.75, 3.05) is 12.0 Å². The molecule has 0 unspecified atom stereocenters. The molecule has 0 aliphatic heterocycles. The van der Waals surface area contributed by atoms with Crippen LogP contribution in [0.3, 0.4) is 0 Å². The zero-order valence-electron chi connectivity index (χ0n) is 11.4. The van der Waals surface area contributed by atoms with Gasteiger partial charge in [-0.3, -0.25) is 9.48 Å². The number of aromatic nitrogens is 2. The minimum atomic E-state index is -3.67. The first kappa shape index (κ1) is 15.6. The molecule has 9 heteroatoms. The van der Waals surface area contributed by atoms with Gasteiger partial charge in [0.15, 0.2) is 5.09 Å². The smallest absolute Gasteiger partial charge is 0.268 e. The van der Waals surface area contributed by atoms with Crippen LogP contribution in [0.25, 0.3) is 0 Å². The fraction of sp³-hybridized carbons (Fsp3) is 0.333. The standard InChI is InChI=1S/C12H15N3O4S2/c1-20-11-8-10(9-19-11)12(16)14-21(17,18)7-3-6-15-5-2-4-13-15/h2,4-5,8-9H,3,6-7H2,1H3,(H,14,16).